The minimum absolute atomic E-state index is 0.0473. The van der Waals surface area contributed by atoms with Crippen molar-refractivity contribution in [3.05, 3.63) is 16.5 Å². The summed E-state index contributed by atoms with van der Waals surface area (Å²) in [4.78, 5) is 12.0. The largest absolute Gasteiger partial charge is 0.352 e. The highest BCUT2D eigenvalue weighted by Crippen LogP contribution is 2.51. The van der Waals surface area contributed by atoms with Crippen LogP contribution in [0.3, 0.4) is 0 Å². The number of amides is 1. The lowest BCUT2D eigenvalue weighted by atomic mass is 10.1. The molecule has 2 rings (SSSR count). The predicted octanol–water partition coefficient (Wildman–Crippen LogP) is 2.76. The number of thiophene rings is 1. The first-order valence-corrected chi connectivity index (χ1v) is 9.13. The minimum atomic E-state index is -3.77. The van der Waals surface area contributed by atoms with Crippen LogP contribution in [0.2, 0.25) is 0 Å². The van der Waals surface area contributed by atoms with Crippen molar-refractivity contribution < 1.29 is 13.2 Å². The fourth-order valence-corrected chi connectivity index (χ4v) is 4.65. The Kier molecular flexibility index (Phi) is 3.70. The van der Waals surface area contributed by atoms with E-state index in [1.807, 2.05) is 0 Å². The van der Waals surface area contributed by atoms with Crippen LogP contribution >= 0.6 is 22.0 Å². The molecule has 19 heavy (non-hydrogen) atoms. The van der Waals surface area contributed by atoms with E-state index >= 15 is 0 Å². The van der Waals surface area contributed by atoms with Crippen LogP contribution in [-0.2, 0) is 9.05 Å². The standard InChI is InChI=1S/C12H16ClNO3S2/c1-7-9(6-18-11(7)19(13,16)17)10(15)14-5-8-4-12(8,2)3/h6,8H,4-5H2,1-3H3,(H,14,15). The molecule has 1 aliphatic carbocycles. The SMILES string of the molecule is Cc1c(C(=O)NCC2CC2(C)C)csc1S(=O)(=O)Cl. The molecule has 1 heterocycles. The topological polar surface area (TPSA) is 63.2 Å². The third-order valence-corrected chi connectivity index (χ3v) is 6.99. The molecule has 1 aliphatic rings. The Morgan fingerprint density at radius 1 is 1.58 bits per heavy atom. The Bertz CT molecular complexity index is 619. The van der Waals surface area contributed by atoms with Crippen LogP contribution in [0.25, 0.3) is 0 Å². The smallest absolute Gasteiger partial charge is 0.271 e. The molecule has 1 saturated carbocycles. The molecule has 0 saturated heterocycles. The maximum Gasteiger partial charge on any atom is 0.271 e. The molecule has 7 heteroatoms. The van der Waals surface area contributed by atoms with E-state index in [-0.39, 0.29) is 10.1 Å². The van der Waals surface area contributed by atoms with Gasteiger partial charge in [-0.15, -0.1) is 11.3 Å². The maximum atomic E-state index is 12.0. The molecule has 0 aliphatic heterocycles. The number of halogens is 1. The van der Waals surface area contributed by atoms with Gasteiger partial charge in [0.25, 0.3) is 15.0 Å². The van der Waals surface area contributed by atoms with Gasteiger partial charge in [0.05, 0.1) is 5.56 Å². The van der Waals surface area contributed by atoms with E-state index in [9.17, 15) is 13.2 Å². The monoisotopic (exact) mass is 321 g/mol. The normalized spacial score (nSPS) is 21.2. The number of hydrogen-bond donors (Lipinski definition) is 1. The third kappa shape index (κ3) is 3.12. The van der Waals surface area contributed by atoms with Gasteiger partial charge in [0.2, 0.25) is 0 Å². The van der Waals surface area contributed by atoms with Crippen LogP contribution in [0.15, 0.2) is 9.59 Å². The molecule has 106 valence electrons. The maximum absolute atomic E-state index is 12.0. The molecular formula is C12H16ClNO3S2. The molecule has 1 fully saturated rings. The van der Waals surface area contributed by atoms with Gasteiger partial charge < -0.3 is 5.32 Å². The summed E-state index contributed by atoms with van der Waals surface area (Å²) in [5.74, 6) is 0.273. The Labute approximate surface area is 121 Å². The van der Waals surface area contributed by atoms with Crippen LogP contribution < -0.4 is 5.32 Å². The van der Waals surface area contributed by atoms with Gasteiger partial charge in [0, 0.05) is 22.6 Å². The molecule has 4 nitrogen and oxygen atoms in total. The van der Waals surface area contributed by atoms with Gasteiger partial charge in [0.15, 0.2) is 0 Å². The van der Waals surface area contributed by atoms with Crippen LogP contribution in [-0.4, -0.2) is 20.9 Å². The first-order chi connectivity index (χ1) is 8.63. The molecule has 0 aromatic carbocycles. The Balaban J connectivity index is 2.06. The van der Waals surface area contributed by atoms with E-state index < -0.39 is 9.05 Å². The van der Waals surface area contributed by atoms with E-state index in [0.29, 0.717) is 29.0 Å². The molecule has 0 spiro atoms. The second-order valence-electron chi connectivity index (χ2n) is 5.60. The summed E-state index contributed by atoms with van der Waals surface area (Å²) < 4.78 is 22.6. The van der Waals surface area contributed by atoms with Crippen LogP contribution in [0.1, 0.15) is 36.2 Å². The quantitative estimate of drug-likeness (QED) is 0.867. The molecular weight excluding hydrogens is 306 g/mol. The Hall–Kier alpha value is -0.590. The highest BCUT2D eigenvalue weighted by Gasteiger charge is 2.45. The zero-order chi connectivity index (χ0) is 14.4. The van der Waals surface area contributed by atoms with Crippen molar-refractivity contribution in [3.63, 3.8) is 0 Å². The number of hydrogen-bond acceptors (Lipinski definition) is 4. The summed E-state index contributed by atoms with van der Waals surface area (Å²) in [6.07, 6.45) is 1.11. The summed E-state index contributed by atoms with van der Waals surface area (Å²) in [5, 5.41) is 4.39. The van der Waals surface area contributed by atoms with E-state index in [2.05, 4.69) is 19.2 Å². The number of carbonyl (C=O) groups excluding carboxylic acids is 1. The van der Waals surface area contributed by atoms with Gasteiger partial charge in [0.1, 0.15) is 4.21 Å². The van der Waals surface area contributed by atoms with Crippen molar-refractivity contribution in [2.75, 3.05) is 6.54 Å². The summed E-state index contributed by atoms with van der Waals surface area (Å²) in [5.41, 5.74) is 1.12. The summed E-state index contributed by atoms with van der Waals surface area (Å²) in [6.45, 7) is 6.56. The van der Waals surface area contributed by atoms with Crippen molar-refractivity contribution in [3.8, 4) is 0 Å². The Morgan fingerprint density at radius 3 is 2.58 bits per heavy atom. The highest BCUT2D eigenvalue weighted by molar-refractivity contribution is 8.15. The van der Waals surface area contributed by atoms with Gasteiger partial charge in [-0.1, -0.05) is 13.8 Å². The Morgan fingerprint density at radius 2 is 2.16 bits per heavy atom. The highest BCUT2D eigenvalue weighted by atomic mass is 35.7. The van der Waals surface area contributed by atoms with Crippen molar-refractivity contribution in [2.45, 2.75) is 31.4 Å². The second-order valence-corrected chi connectivity index (χ2v) is 9.24. The molecule has 0 radical (unpaired) electrons. The zero-order valence-electron chi connectivity index (χ0n) is 11.0. The van der Waals surface area contributed by atoms with Crippen LogP contribution in [0.5, 0.6) is 0 Å². The van der Waals surface area contributed by atoms with E-state index in [4.69, 9.17) is 10.7 Å². The lowest BCUT2D eigenvalue weighted by Gasteiger charge is -2.06. The van der Waals surface area contributed by atoms with E-state index in [0.717, 1.165) is 17.8 Å². The first-order valence-electron chi connectivity index (χ1n) is 5.94. The first kappa shape index (κ1) is 14.8. The summed E-state index contributed by atoms with van der Waals surface area (Å²) in [6, 6.07) is 0. The number of rotatable bonds is 4. The number of nitrogens with one attached hydrogen (secondary N) is 1. The summed E-state index contributed by atoms with van der Waals surface area (Å²) >= 11 is 0.980. The van der Waals surface area contributed by atoms with Gasteiger partial charge in [-0.05, 0) is 30.2 Å². The number of carbonyl (C=O) groups is 1. The predicted molar refractivity (Wildman–Crippen MR) is 76.3 cm³/mol. The lowest BCUT2D eigenvalue weighted by molar-refractivity contribution is 0.0950. The van der Waals surface area contributed by atoms with Gasteiger partial charge in [-0.25, -0.2) is 8.42 Å². The van der Waals surface area contributed by atoms with Crippen LogP contribution in [0.4, 0.5) is 0 Å². The van der Waals surface area contributed by atoms with Gasteiger partial charge >= 0.3 is 0 Å². The molecule has 1 aromatic rings. The summed E-state index contributed by atoms with van der Waals surface area (Å²) in [7, 11) is 1.53. The third-order valence-electron chi connectivity index (χ3n) is 3.69. The average Bonchev–Trinajstić information content (AvgIpc) is 2.68. The van der Waals surface area contributed by atoms with Gasteiger partial charge in [-0.3, -0.25) is 4.79 Å². The van der Waals surface area contributed by atoms with Crippen molar-refractivity contribution in [2.24, 2.45) is 11.3 Å². The fraction of sp³-hybridized carbons (Fsp3) is 0.583. The molecule has 1 N–H and O–H groups in total. The molecule has 1 atom stereocenters. The van der Waals surface area contributed by atoms with Gasteiger partial charge in [-0.2, -0.15) is 0 Å². The molecule has 1 unspecified atom stereocenters. The fourth-order valence-electron chi connectivity index (χ4n) is 2.10. The average molecular weight is 322 g/mol. The van der Waals surface area contributed by atoms with Crippen molar-refractivity contribution >= 4 is 37.0 Å². The van der Waals surface area contributed by atoms with Crippen molar-refractivity contribution in [1.82, 2.24) is 5.32 Å². The van der Waals surface area contributed by atoms with E-state index in [1.165, 1.54) is 5.38 Å². The molecule has 1 amide bonds. The second kappa shape index (κ2) is 4.75. The molecule has 0 bridgehead atoms. The van der Waals surface area contributed by atoms with Crippen LogP contribution in [0, 0.1) is 18.3 Å². The van der Waals surface area contributed by atoms with E-state index in [1.54, 1.807) is 6.92 Å². The minimum Gasteiger partial charge on any atom is -0.352 e. The zero-order valence-corrected chi connectivity index (χ0v) is 13.4. The van der Waals surface area contributed by atoms with Crippen molar-refractivity contribution in [1.29, 1.82) is 0 Å². The molecule has 1 aromatic heterocycles. The lowest BCUT2D eigenvalue weighted by Crippen LogP contribution is -2.26.